The first-order valence-corrected chi connectivity index (χ1v) is 15.0. The van der Waals surface area contributed by atoms with Crippen LogP contribution in [0.15, 0.2) is 0 Å². The molecule has 0 saturated carbocycles. The smallest absolute Gasteiger partial charge is 0 e. The van der Waals surface area contributed by atoms with Crippen LogP contribution in [-0.2, 0) is 46.6 Å². The van der Waals surface area contributed by atoms with Gasteiger partial charge in [0.2, 0.25) is 0 Å². The van der Waals surface area contributed by atoms with E-state index in [1.165, 1.54) is 0 Å². The van der Waals surface area contributed by atoms with Crippen LogP contribution in [0.5, 0.6) is 0 Å². The van der Waals surface area contributed by atoms with Crippen molar-refractivity contribution in [1.29, 1.82) is 0 Å². The Hall–Kier alpha value is 4.15. The molecular weight excluding hydrogens is 633 g/mol. The maximum absolute atomic E-state index is 2.45. The molecule has 0 bridgehead atoms. The van der Waals surface area contributed by atoms with E-state index in [0.717, 1.165) is 0 Å². The van der Waals surface area contributed by atoms with E-state index in [1.807, 2.05) is 0 Å². The summed E-state index contributed by atoms with van der Waals surface area (Å²) in [5, 5.41) is -0.167. The average molecular weight is 633 g/mol. The van der Waals surface area contributed by atoms with E-state index in [0.29, 0.717) is 0 Å². The molecule has 0 amide bonds. The first kappa shape index (κ1) is 16.6. The topological polar surface area (TPSA) is 0 Å². The van der Waals surface area contributed by atoms with Gasteiger partial charge in [-0.25, -0.2) is 0 Å². The summed E-state index contributed by atoms with van der Waals surface area (Å²) in [7, 11) is 0. The molecule has 0 aliphatic rings. The van der Waals surface area contributed by atoms with E-state index in [4.69, 9.17) is 0 Å². The van der Waals surface area contributed by atoms with Gasteiger partial charge in [0.1, 0.15) is 0 Å². The molecule has 6 heavy (non-hydrogen) atoms. The maximum atomic E-state index is 2.45. The van der Waals surface area contributed by atoms with Gasteiger partial charge in [0.25, 0.3) is 0 Å². The quantitative estimate of drug-likeness (QED) is 0.285. The predicted octanol–water partition coefficient (Wildman–Crippen LogP) is 2.65. The van der Waals surface area contributed by atoms with Crippen LogP contribution in [0.25, 0.3) is 0 Å². The van der Waals surface area contributed by atoms with Gasteiger partial charge >= 0.3 is 64.7 Å². The fraction of sp³-hybridized carbons (Fsp3) is 0. The van der Waals surface area contributed by atoms with Crippen molar-refractivity contribution < 1.29 is 46.6 Å². The molecule has 0 heterocycles. The Bertz CT molecular complexity index is 15.5. The first-order valence-electron chi connectivity index (χ1n) is 0.378. The van der Waals surface area contributed by atoms with Gasteiger partial charge in [0.05, 0.1) is 0 Å². The predicted molar refractivity (Wildman–Crippen MR) is 42.1 cm³/mol. The second-order valence-electron chi connectivity index (χ2n) is 0.143. The molecule has 0 rings (SSSR count). The van der Waals surface area contributed by atoms with Gasteiger partial charge < -0.3 is 0 Å². The van der Waals surface area contributed by atoms with E-state index < -0.39 is 0 Å². The van der Waals surface area contributed by atoms with Crippen LogP contribution in [0.1, 0.15) is 0 Å². The van der Waals surface area contributed by atoms with Crippen molar-refractivity contribution in [1.82, 2.24) is 0 Å². The number of rotatable bonds is 0. The van der Waals surface area contributed by atoms with Gasteiger partial charge in [-0.3, -0.25) is 0 Å². The standard InChI is InChI=1S/3HI.Rh.Ru.Ti/h3*1H;;;/q;;;+3;;/p-3. The second-order valence-corrected chi connectivity index (χ2v) is 38.0. The van der Waals surface area contributed by atoms with Gasteiger partial charge in [0.15, 0.2) is 0 Å². The Labute approximate surface area is 103 Å². The minimum atomic E-state index is -0.167. The fourth-order valence-electron chi connectivity index (χ4n) is 0. The van der Waals surface area contributed by atoms with Gasteiger partial charge in [-0.05, 0) is 0 Å². The molecule has 0 aliphatic heterocycles. The molecule has 0 N–H and O–H groups in total. The van der Waals surface area contributed by atoms with Crippen molar-refractivity contribution in [2.24, 2.45) is 0 Å². The molecule has 0 unspecified atom stereocenters. The summed E-state index contributed by atoms with van der Waals surface area (Å²) < 4.78 is 0. The van der Waals surface area contributed by atoms with Crippen molar-refractivity contribution in [2.45, 2.75) is 0 Å². The Kier molecular flexibility index (Phi) is 32.9. The number of halogens is 3. The number of hydrogen-bond acceptors (Lipinski definition) is 0. The molecule has 0 aromatic heterocycles. The van der Waals surface area contributed by atoms with Gasteiger partial charge in [-0.1, -0.05) is 0 Å². The van der Waals surface area contributed by atoms with E-state index in [-0.39, 0.29) is 46.6 Å². The fourth-order valence-corrected chi connectivity index (χ4v) is 0. The van der Waals surface area contributed by atoms with Gasteiger partial charge in [-0.2, -0.15) is 0 Å². The maximum Gasteiger partial charge on any atom is 0 e. The summed E-state index contributed by atoms with van der Waals surface area (Å²) in [6.45, 7) is 0. The summed E-state index contributed by atoms with van der Waals surface area (Å²) in [5.74, 6) is 0. The molecule has 6 heteroatoms. The molecule has 0 spiro atoms. The van der Waals surface area contributed by atoms with Crippen LogP contribution in [-0.4, -0.2) is 0 Å². The normalized spacial score (nSPS) is 7.50. The summed E-state index contributed by atoms with van der Waals surface area (Å²) in [6.07, 6.45) is 0. The van der Waals surface area contributed by atoms with Crippen molar-refractivity contribution in [2.75, 3.05) is 0 Å². The molecule has 0 radical (unpaired) electrons. The molecule has 0 atom stereocenters. The van der Waals surface area contributed by atoms with Crippen LogP contribution in [0.3, 0.4) is 0 Å². The molecule has 42 valence electrons. The van der Waals surface area contributed by atoms with Crippen LogP contribution >= 0.6 is 59.3 Å². The molecule has 0 fully saturated rings. The Morgan fingerprint density at radius 3 is 1.00 bits per heavy atom. The zero-order valence-corrected chi connectivity index (χ0v) is 13.7. The van der Waals surface area contributed by atoms with Crippen molar-refractivity contribution in [3.63, 3.8) is 0 Å². The zero-order chi connectivity index (χ0) is 3.58. The Morgan fingerprint density at radius 1 is 1.00 bits per heavy atom. The van der Waals surface area contributed by atoms with Crippen LogP contribution < -0.4 is 0 Å². The minimum absolute atomic E-state index is 0. The molecule has 0 aromatic rings. The SMILES string of the molecule is [I][Rh]([I])[I].[Ru].[Ti]. The summed E-state index contributed by atoms with van der Waals surface area (Å²) >= 11 is 7.34. The van der Waals surface area contributed by atoms with E-state index in [2.05, 4.69) is 59.3 Å². The van der Waals surface area contributed by atoms with Crippen LogP contribution in [0.2, 0.25) is 0 Å². The molecule has 0 nitrogen and oxygen atoms in total. The molecule has 0 aromatic carbocycles. The third-order valence-corrected chi connectivity index (χ3v) is 0. The van der Waals surface area contributed by atoms with Crippen LogP contribution in [0, 0.1) is 0 Å². The first-order chi connectivity index (χ1) is 1.73. The van der Waals surface area contributed by atoms with E-state index in [1.54, 1.807) is 0 Å². The van der Waals surface area contributed by atoms with Crippen LogP contribution in [0.4, 0.5) is 0 Å². The Balaban J connectivity index is -0.0000000450. The second kappa shape index (κ2) is 11.9. The summed E-state index contributed by atoms with van der Waals surface area (Å²) in [6, 6.07) is 0. The van der Waals surface area contributed by atoms with E-state index >= 15 is 0 Å². The van der Waals surface area contributed by atoms with Gasteiger partial charge in [-0.15, -0.1) is 0 Å². The monoisotopic (exact) mass is 633 g/mol. The molecule has 0 saturated heterocycles. The average Bonchev–Trinajstić information content (AvgIpc) is 0.811. The largest absolute Gasteiger partial charge is 0 e. The number of hydrogen-bond donors (Lipinski definition) is 0. The summed E-state index contributed by atoms with van der Waals surface area (Å²) in [4.78, 5) is 0. The van der Waals surface area contributed by atoms with Crippen molar-refractivity contribution in [3.8, 4) is 0 Å². The minimum Gasteiger partial charge on any atom is 0 e. The summed E-state index contributed by atoms with van der Waals surface area (Å²) in [5.41, 5.74) is 0. The third kappa shape index (κ3) is 24.2. The van der Waals surface area contributed by atoms with E-state index in [9.17, 15) is 0 Å². The van der Waals surface area contributed by atoms with Crippen molar-refractivity contribution in [3.05, 3.63) is 0 Å². The molecular formula is I3RhRuTi. The third-order valence-electron chi connectivity index (χ3n) is 0. The Morgan fingerprint density at radius 2 is 1.00 bits per heavy atom. The zero-order valence-electron chi connectivity index (χ0n) is 2.32. The van der Waals surface area contributed by atoms with Gasteiger partial charge in [0, 0.05) is 41.2 Å². The van der Waals surface area contributed by atoms with Crippen molar-refractivity contribution >= 4 is 59.3 Å². The molecule has 0 aliphatic carbocycles.